The fourth-order valence-corrected chi connectivity index (χ4v) is 1.46. The van der Waals surface area contributed by atoms with Crippen molar-refractivity contribution in [3.05, 3.63) is 29.2 Å². The molecule has 0 atom stereocenters. The van der Waals surface area contributed by atoms with Gasteiger partial charge in [-0.25, -0.2) is 4.39 Å². The second-order valence-corrected chi connectivity index (χ2v) is 3.23. The molecule has 2 rings (SSSR count). The number of rotatable bonds is 1. The molecule has 0 spiro atoms. The molecule has 0 fully saturated rings. The molecule has 0 unspecified atom stereocenters. The van der Waals surface area contributed by atoms with E-state index in [2.05, 4.69) is 5.10 Å². The normalized spacial score (nSPS) is 10.8. The van der Waals surface area contributed by atoms with Crippen molar-refractivity contribution in [2.24, 2.45) is 7.05 Å². The standard InChI is InChI=1S/C10H9FN2O/c1-6-8-3-7(5-14)4-9(11)10(8)12-13(6)2/h3-5H,1-2H3. The van der Waals surface area contributed by atoms with Crippen LogP contribution in [0.2, 0.25) is 0 Å². The smallest absolute Gasteiger partial charge is 0.152 e. The molecule has 0 aliphatic rings. The van der Waals surface area contributed by atoms with Crippen molar-refractivity contribution in [3.63, 3.8) is 0 Å². The van der Waals surface area contributed by atoms with E-state index in [1.807, 2.05) is 6.92 Å². The quantitative estimate of drug-likeness (QED) is 0.646. The van der Waals surface area contributed by atoms with E-state index in [0.29, 0.717) is 22.8 Å². The van der Waals surface area contributed by atoms with Crippen molar-refractivity contribution in [3.8, 4) is 0 Å². The van der Waals surface area contributed by atoms with Crippen molar-refractivity contribution in [1.29, 1.82) is 0 Å². The van der Waals surface area contributed by atoms with Crippen molar-refractivity contribution >= 4 is 17.2 Å². The van der Waals surface area contributed by atoms with Gasteiger partial charge in [0.15, 0.2) is 5.82 Å². The predicted molar refractivity (Wildman–Crippen MR) is 50.8 cm³/mol. The molecule has 0 aliphatic carbocycles. The highest BCUT2D eigenvalue weighted by atomic mass is 19.1. The van der Waals surface area contributed by atoms with Crippen molar-refractivity contribution in [1.82, 2.24) is 9.78 Å². The number of aryl methyl sites for hydroxylation is 2. The summed E-state index contributed by atoms with van der Waals surface area (Å²) in [6.45, 7) is 1.84. The van der Waals surface area contributed by atoms with E-state index in [1.54, 1.807) is 17.8 Å². The number of nitrogens with zero attached hydrogens (tertiary/aromatic N) is 2. The van der Waals surface area contributed by atoms with Crippen LogP contribution in [0.25, 0.3) is 10.9 Å². The Morgan fingerprint density at radius 1 is 1.50 bits per heavy atom. The van der Waals surface area contributed by atoms with Crippen LogP contribution in [0.5, 0.6) is 0 Å². The zero-order valence-corrected chi connectivity index (χ0v) is 7.91. The minimum Gasteiger partial charge on any atom is -0.298 e. The lowest BCUT2D eigenvalue weighted by Crippen LogP contribution is -1.91. The highest BCUT2D eigenvalue weighted by Gasteiger charge is 2.10. The number of carbonyl (C=O) groups excluding carboxylic acids is 1. The Labute approximate surface area is 80.1 Å². The fourth-order valence-electron chi connectivity index (χ4n) is 1.46. The molecule has 1 aromatic carbocycles. The van der Waals surface area contributed by atoms with Gasteiger partial charge in [0.2, 0.25) is 0 Å². The monoisotopic (exact) mass is 192 g/mol. The predicted octanol–water partition coefficient (Wildman–Crippen LogP) is 1.83. The van der Waals surface area contributed by atoms with Gasteiger partial charge < -0.3 is 0 Å². The molecule has 0 aliphatic heterocycles. The van der Waals surface area contributed by atoms with Gasteiger partial charge in [0.05, 0.1) is 0 Å². The molecular weight excluding hydrogens is 183 g/mol. The third-order valence-corrected chi connectivity index (χ3v) is 2.35. The van der Waals surface area contributed by atoms with Gasteiger partial charge in [0.1, 0.15) is 11.8 Å². The summed E-state index contributed by atoms with van der Waals surface area (Å²) in [5, 5.41) is 4.70. The maximum Gasteiger partial charge on any atom is 0.152 e. The molecule has 0 radical (unpaired) electrons. The van der Waals surface area contributed by atoms with Crippen LogP contribution in [0, 0.1) is 12.7 Å². The maximum absolute atomic E-state index is 13.4. The van der Waals surface area contributed by atoms with Crippen LogP contribution < -0.4 is 0 Å². The number of aldehydes is 1. The minimum atomic E-state index is -0.451. The van der Waals surface area contributed by atoms with Gasteiger partial charge in [-0.1, -0.05) is 0 Å². The first-order valence-corrected chi connectivity index (χ1v) is 4.21. The fraction of sp³-hybridized carbons (Fsp3) is 0.200. The number of halogens is 1. The third-order valence-electron chi connectivity index (χ3n) is 2.35. The van der Waals surface area contributed by atoms with Crippen LogP contribution >= 0.6 is 0 Å². The van der Waals surface area contributed by atoms with Crippen LogP contribution in [0.3, 0.4) is 0 Å². The van der Waals surface area contributed by atoms with Gasteiger partial charge in [-0.3, -0.25) is 9.48 Å². The second kappa shape index (κ2) is 2.90. The summed E-state index contributed by atoms with van der Waals surface area (Å²) in [5.41, 5.74) is 1.50. The average Bonchev–Trinajstić information content (AvgIpc) is 2.45. The zero-order valence-electron chi connectivity index (χ0n) is 7.91. The van der Waals surface area contributed by atoms with Crippen LogP contribution in [0.4, 0.5) is 4.39 Å². The first-order valence-electron chi connectivity index (χ1n) is 4.21. The molecule has 0 amide bonds. The SMILES string of the molecule is Cc1c2cc(C=O)cc(F)c2nn1C. The van der Waals surface area contributed by atoms with Crippen molar-refractivity contribution in [2.75, 3.05) is 0 Å². The molecule has 2 aromatic rings. The number of hydrogen-bond donors (Lipinski definition) is 0. The van der Waals surface area contributed by atoms with Crippen molar-refractivity contribution < 1.29 is 9.18 Å². The van der Waals surface area contributed by atoms with Gasteiger partial charge in [-0.05, 0) is 19.1 Å². The van der Waals surface area contributed by atoms with Crippen LogP contribution in [-0.2, 0) is 7.05 Å². The Kier molecular flexibility index (Phi) is 1.84. The topological polar surface area (TPSA) is 34.9 Å². The van der Waals surface area contributed by atoms with Gasteiger partial charge in [0, 0.05) is 23.7 Å². The van der Waals surface area contributed by atoms with Gasteiger partial charge in [0.25, 0.3) is 0 Å². The van der Waals surface area contributed by atoms with Gasteiger partial charge in [-0.15, -0.1) is 0 Å². The van der Waals surface area contributed by atoms with Gasteiger partial charge >= 0.3 is 0 Å². The zero-order chi connectivity index (χ0) is 10.3. The molecule has 0 N–H and O–H groups in total. The average molecular weight is 192 g/mol. The number of aromatic nitrogens is 2. The summed E-state index contributed by atoms with van der Waals surface area (Å²) in [5.74, 6) is -0.451. The minimum absolute atomic E-state index is 0.315. The third kappa shape index (κ3) is 1.11. The first kappa shape index (κ1) is 8.87. The van der Waals surface area contributed by atoms with E-state index in [4.69, 9.17) is 0 Å². The lowest BCUT2D eigenvalue weighted by molar-refractivity contribution is 0.112. The summed E-state index contributed by atoms with van der Waals surface area (Å²) in [4.78, 5) is 10.5. The molecular formula is C10H9FN2O. The molecule has 14 heavy (non-hydrogen) atoms. The number of benzene rings is 1. The lowest BCUT2D eigenvalue weighted by atomic mass is 10.1. The molecule has 4 heteroatoms. The molecule has 1 heterocycles. The maximum atomic E-state index is 13.4. The van der Waals surface area contributed by atoms with E-state index in [-0.39, 0.29) is 0 Å². The Hall–Kier alpha value is -1.71. The molecule has 0 saturated carbocycles. The van der Waals surface area contributed by atoms with E-state index >= 15 is 0 Å². The Balaban J connectivity index is 2.90. The molecule has 0 saturated heterocycles. The summed E-state index contributed by atoms with van der Waals surface area (Å²) in [7, 11) is 1.75. The van der Waals surface area contributed by atoms with E-state index in [0.717, 1.165) is 5.69 Å². The summed E-state index contributed by atoms with van der Waals surface area (Å²) in [6, 6.07) is 2.84. The number of carbonyl (C=O) groups is 1. The number of hydrogen-bond acceptors (Lipinski definition) is 2. The second-order valence-electron chi connectivity index (χ2n) is 3.23. The van der Waals surface area contributed by atoms with E-state index < -0.39 is 5.82 Å². The summed E-state index contributed by atoms with van der Waals surface area (Å²) >= 11 is 0. The Bertz CT molecular complexity index is 516. The van der Waals surface area contributed by atoms with Gasteiger partial charge in [-0.2, -0.15) is 5.10 Å². The van der Waals surface area contributed by atoms with E-state index in [9.17, 15) is 9.18 Å². The van der Waals surface area contributed by atoms with Crippen LogP contribution in [0.1, 0.15) is 16.1 Å². The first-order chi connectivity index (χ1) is 6.63. The molecule has 0 bridgehead atoms. The molecule has 1 aromatic heterocycles. The highest BCUT2D eigenvalue weighted by molar-refractivity contribution is 5.88. The molecule has 3 nitrogen and oxygen atoms in total. The lowest BCUT2D eigenvalue weighted by Gasteiger charge is -1.94. The van der Waals surface area contributed by atoms with Crippen LogP contribution in [0.15, 0.2) is 12.1 Å². The van der Waals surface area contributed by atoms with E-state index in [1.165, 1.54) is 6.07 Å². The Morgan fingerprint density at radius 2 is 2.21 bits per heavy atom. The largest absolute Gasteiger partial charge is 0.298 e. The van der Waals surface area contributed by atoms with Crippen molar-refractivity contribution in [2.45, 2.75) is 6.92 Å². The molecule has 72 valence electrons. The highest BCUT2D eigenvalue weighted by Crippen LogP contribution is 2.21. The summed E-state index contributed by atoms with van der Waals surface area (Å²) in [6.07, 6.45) is 0.634. The summed E-state index contributed by atoms with van der Waals surface area (Å²) < 4.78 is 15.0. The Morgan fingerprint density at radius 3 is 2.86 bits per heavy atom. The number of fused-ring (bicyclic) bond motifs is 1. The van der Waals surface area contributed by atoms with Crippen LogP contribution in [-0.4, -0.2) is 16.1 Å².